The number of aromatic nitrogens is 1. The molecule has 3 aromatic rings. The van der Waals surface area contributed by atoms with Crippen molar-refractivity contribution in [3.8, 4) is 23.0 Å². The third kappa shape index (κ3) is 3.47. The standard InChI is InChI=1S/C22H19NO8S/c1-26-17-8-14-15(9-18(17)27-2)23(10-12-5-6-30-31-12)20(22(24)25)21(14)32-13-3-4-16-19(7-13)29-11-28-16/h3-9,12H,10-11H2,1-2H3,(H,24,25). The van der Waals surface area contributed by atoms with Crippen LogP contribution in [0.3, 0.4) is 0 Å². The second-order valence-electron chi connectivity index (χ2n) is 6.99. The minimum Gasteiger partial charge on any atom is -0.493 e. The van der Waals surface area contributed by atoms with E-state index in [1.54, 1.807) is 22.8 Å². The lowest BCUT2D eigenvalue weighted by molar-refractivity contribution is -0.254. The molecule has 2 aliphatic rings. The molecule has 1 atom stereocenters. The number of aromatic carboxylic acids is 1. The van der Waals surface area contributed by atoms with Crippen molar-refractivity contribution < 1.29 is 38.6 Å². The van der Waals surface area contributed by atoms with Gasteiger partial charge in [0.15, 0.2) is 23.0 Å². The molecule has 2 aromatic carbocycles. The summed E-state index contributed by atoms with van der Waals surface area (Å²) in [4.78, 5) is 23.9. The summed E-state index contributed by atoms with van der Waals surface area (Å²) in [7, 11) is 3.08. The fraction of sp³-hybridized carbons (Fsp3) is 0.227. The summed E-state index contributed by atoms with van der Waals surface area (Å²) in [6.07, 6.45) is 2.73. The van der Waals surface area contributed by atoms with Gasteiger partial charge in [0.05, 0.1) is 31.2 Å². The molecule has 0 radical (unpaired) electrons. The first-order valence-electron chi connectivity index (χ1n) is 9.67. The summed E-state index contributed by atoms with van der Waals surface area (Å²) in [6, 6.07) is 9.06. The van der Waals surface area contributed by atoms with E-state index < -0.39 is 12.1 Å². The van der Waals surface area contributed by atoms with Crippen LogP contribution in [0.1, 0.15) is 10.5 Å². The second-order valence-corrected chi connectivity index (χ2v) is 8.08. The van der Waals surface area contributed by atoms with Crippen molar-refractivity contribution in [3.05, 3.63) is 48.4 Å². The number of carboxylic acid groups (broad SMARTS) is 1. The lowest BCUT2D eigenvalue weighted by Gasteiger charge is -2.13. The van der Waals surface area contributed by atoms with E-state index in [1.807, 2.05) is 18.2 Å². The Bertz CT molecular complexity index is 1230. The summed E-state index contributed by atoms with van der Waals surface area (Å²) >= 11 is 1.33. The summed E-state index contributed by atoms with van der Waals surface area (Å²) < 4.78 is 23.5. The van der Waals surface area contributed by atoms with Crippen LogP contribution in [0.15, 0.2) is 52.5 Å². The van der Waals surface area contributed by atoms with E-state index in [0.29, 0.717) is 38.8 Å². The average Bonchev–Trinajstić information content (AvgIpc) is 3.53. The van der Waals surface area contributed by atoms with E-state index in [1.165, 1.54) is 32.2 Å². The second kappa shape index (κ2) is 8.21. The first-order chi connectivity index (χ1) is 15.6. The highest BCUT2D eigenvalue weighted by molar-refractivity contribution is 7.99. The van der Waals surface area contributed by atoms with Gasteiger partial charge in [0.2, 0.25) is 6.79 Å². The van der Waals surface area contributed by atoms with Gasteiger partial charge in [-0.3, -0.25) is 0 Å². The highest BCUT2D eigenvalue weighted by atomic mass is 32.2. The fourth-order valence-electron chi connectivity index (χ4n) is 3.73. The number of ether oxygens (including phenoxy) is 4. The molecule has 3 heterocycles. The molecule has 1 unspecified atom stereocenters. The van der Waals surface area contributed by atoms with E-state index >= 15 is 0 Å². The van der Waals surface area contributed by atoms with Crippen LogP contribution in [0.5, 0.6) is 23.0 Å². The summed E-state index contributed by atoms with van der Waals surface area (Å²) in [5, 5.41) is 10.9. The first kappa shape index (κ1) is 20.4. The highest BCUT2D eigenvalue weighted by Gasteiger charge is 2.28. The van der Waals surface area contributed by atoms with Crippen LogP contribution < -0.4 is 18.9 Å². The molecule has 1 aromatic heterocycles. The van der Waals surface area contributed by atoms with Crippen molar-refractivity contribution in [1.29, 1.82) is 0 Å². The Labute approximate surface area is 186 Å². The van der Waals surface area contributed by atoms with E-state index in [4.69, 9.17) is 28.7 Å². The molecule has 0 saturated carbocycles. The molecule has 2 aliphatic heterocycles. The van der Waals surface area contributed by atoms with Crippen molar-refractivity contribution >= 4 is 28.6 Å². The monoisotopic (exact) mass is 457 g/mol. The minimum absolute atomic E-state index is 0.127. The van der Waals surface area contributed by atoms with E-state index in [0.717, 1.165) is 4.90 Å². The van der Waals surface area contributed by atoms with Crippen LogP contribution in [0.25, 0.3) is 10.9 Å². The van der Waals surface area contributed by atoms with Gasteiger partial charge in [-0.05, 0) is 30.3 Å². The normalized spacial score (nSPS) is 16.4. The summed E-state index contributed by atoms with van der Waals surface area (Å²) in [5.41, 5.74) is 0.800. The zero-order chi connectivity index (χ0) is 22.2. The maximum Gasteiger partial charge on any atom is 0.353 e. The van der Waals surface area contributed by atoms with Gasteiger partial charge in [-0.15, -0.1) is 0 Å². The maximum atomic E-state index is 12.4. The smallest absolute Gasteiger partial charge is 0.353 e. The number of carboxylic acids is 1. The molecular weight excluding hydrogens is 438 g/mol. The third-order valence-electron chi connectivity index (χ3n) is 5.18. The van der Waals surface area contributed by atoms with Gasteiger partial charge in [0.1, 0.15) is 18.1 Å². The minimum atomic E-state index is -1.06. The van der Waals surface area contributed by atoms with Gasteiger partial charge in [-0.1, -0.05) is 11.8 Å². The van der Waals surface area contributed by atoms with E-state index in [-0.39, 0.29) is 19.0 Å². The molecule has 1 N–H and O–H groups in total. The highest BCUT2D eigenvalue weighted by Crippen LogP contribution is 2.45. The van der Waals surface area contributed by atoms with E-state index in [9.17, 15) is 9.90 Å². The molecule has 0 saturated heterocycles. The number of hydrogen-bond donors (Lipinski definition) is 1. The van der Waals surface area contributed by atoms with Crippen molar-refractivity contribution in [2.45, 2.75) is 22.4 Å². The van der Waals surface area contributed by atoms with E-state index in [2.05, 4.69) is 0 Å². The fourth-order valence-corrected chi connectivity index (χ4v) is 4.84. The van der Waals surface area contributed by atoms with Gasteiger partial charge >= 0.3 is 5.97 Å². The summed E-state index contributed by atoms with van der Waals surface area (Å²) in [6.45, 7) is 0.406. The Morgan fingerprint density at radius 3 is 2.66 bits per heavy atom. The Morgan fingerprint density at radius 2 is 1.94 bits per heavy atom. The summed E-state index contributed by atoms with van der Waals surface area (Å²) in [5.74, 6) is 1.21. The quantitative estimate of drug-likeness (QED) is 0.526. The van der Waals surface area contributed by atoms with Gasteiger partial charge in [-0.2, -0.15) is 4.89 Å². The molecule has 0 spiro atoms. The molecule has 0 fully saturated rings. The number of fused-ring (bicyclic) bond motifs is 2. The SMILES string of the molecule is COc1cc2c(Sc3ccc4c(c3)OCO4)c(C(=O)O)n(CC3C=COO3)c2cc1OC. The predicted molar refractivity (Wildman–Crippen MR) is 114 cm³/mol. The van der Waals surface area contributed by atoms with Crippen molar-refractivity contribution in [2.24, 2.45) is 0 Å². The topological polar surface area (TPSA) is 97.6 Å². The average molecular weight is 457 g/mol. The molecule has 166 valence electrons. The molecule has 32 heavy (non-hydrogen) atoms. The van der Waals surface area contributed by atoms with Crippen LogP contribution in [-0.2, 0) is 16.3 Å². The Balaban J connectivity index is 1.69. The molecule has 0 aliphatic carbocycles. The number of rotatable bonds is 7. The zero-order valence-electron chi connectivity index (χ0n) is 17.2. The number of benzene rings is 2. The lowest BCUT2D eigenvalue weighted by Crippen LogP contribution is -2.18. The molecular formula is C22H19NO8S. The molecule has 0 amide bonds. The largest absolute Gasteiger partial charge is 0.493 e. The first-order valence-corrected chi connectivity index (χ1v) is 10.5. The number of methoxy groups -OCH3 is 2. The van der Waals surface area contributed by atoms with Gasteiger partial charge in [0, 0.05) is 16.3 Å². The van der Waals surface area contributed by atoms with Gasteiger partial charge < -0.3 is 33.5 Å². The Kier molecular flexibility index (Phi) is 5.24. The van der Waals surface area contributed by atoms with Crippen LogP contribution in [0.4, 0.5) is 0 Å². The van der Waals surface area contributed by atoms with Crippen LogP contribution in [0.2, 0.25) is 0 Å². The number of carbonyl (C=O) groups is 1. The maximum absolute atomic E-state index is 12.4. The van der Waals surface area contributed by atoms with Gasteiger partial charge in [-0.25, -0.2) is 4.79 Å². The predicted octanol–water partition coefficient (Wildman–Crippen LogP) is 4.08. The van der Waals surface area contributed by atoms with Crippen molar-refractivity contribution in [2.75, 3.05) is 21.0 Å². The van der Waals surface area contributed by atoms with Gasteiger partial charge in [0.25, 0.3) is 0 Å². The van der Waals surface area contributed by atoms with Crippen molar-refractivity contribution in [3.63, 3.8) is 0 Å². The Morgan fingerprint density at radius 1 is 1.16 bits per heavy atom. The van der Waals surface area contributed by atoms with Crippen LogP contribution in [-0.4, -0.2) is 42.8 Å². The zero-order valence-corrected chi connectivity index (χ0v) is 18.0. The Hall–Kier alpha value is -3.50. The molecule has 0 bridgehead atoms. The third-order valence-corrected chi connectivity index (χ3v) is 6.29. The molecule has 9 nitrogen and oxygen atoms in total. The molecule has 5 rings (SSSR count). The number of hydrogen-bond acceptors (Lipinski definition) is 8. The van der Waals surface area contributed by atoms with Crippen LogP contribution >= 0.6 is 11.8 Å². The van der Waals surface area contributed by atoms with Crippen LogP contribution in [0, 0.1) is 0 Å². The number of nitrogens with zero attached hydrogens (tertiary/aromatic N) is 1. The van der Waals surface area contributed by atoms with Crippen molar-refractivity contribution in [1.82, 2.24) is 4.57 Å². The lowest BCUT2D eigenvalue weighted by atomic mass is 10.2. The molecule has 10 heteroatoms.